The minimum Gasteiger partial charge on any atom is -0.445 e. The molecule has 2 saturated heterocycles. The van der Waals surface area contributed by atoms with Crippen molar-refractivity contribution in [2.75, 3.05) is 26.3 Å². The first-order valence-corrected chi connectivity index (χ1v) is 6.54. The van der Waals surface area contributed by atoms with Crippen LogP contribution in [-0.2, 0) is 16.0 Å². The molecule has 1 aromatic rings. The van der Waals surface area contributed by atoms with Gasteiger partial charge in [0, 0.05) is 0 Å². The monoisotopic (exact) mass is 317 g/mol. The maximum absolute atomic E-state index is 10.6. The Hall–Kier alpha value is -1.91. The maximum atomic E-state index is 10.6. The lowest BCUT2D eigenvalue weighted by Gasteiger charge is -2.39. The Morgan fingerprint density at radius 3 is 2.95 bits per heavy atom. The van der Waals surface area contributed by atoms with E-state index in [4.69, 9.17) is 25.5 Å². The summed E-state index contributed by atoms with van der Waals surface area (Å²) in [4.78, 5) is 16.1. The van der Waals surface area contributed by atoms with Gasteiger partial charge in [-0.15, -0.1) is 0 Å². The second-order valence-corrected chi connectivity index (χ2v) is 4.93. The summed E-state index contributed by atoms with van der Waals surface area (Å²) in [7, 11) is 0. The van der Waals surface area contributed by atoms with E-state index in [2.05, 4.69) is 15.4 Å². The number of hydrazone groups is 1. The molecule has 10 nitrogen and oxygen atoms in total. The number of oxazole rings is 1. The molecule has 0 saturated carbocycles. The lowest BCUT2D eigenvalue weighted by molar-refractivity contribution is -0.486. The van der Waals surface area contributed by atoms with Crippen molar-refractivity contribution >= 4 is 17.6 Å². The van der Waals surface area contributed by atoms with Crippen LogP contribution in [0.15, 0.2) is 15.8 Å². The van der Waals surface area contributed by atoms with Gasteiger partial charge in [-0.1, -0.05) is 11.6 Å². The van der Waals surface area contributed by atoms with Crippen molar-refractivity contribution in [2.24, 2.45) is 5.10 Å². The molecule has 1 N–H and O–H groups in total. The molecular formula is C10H12ClN5O5. The standard InChI is InChI=1S/C10H12ClN5O5/c11-7-4-19-8(13-7)3-15-6-10(20-1-2-21-10)5-12-9(15)14-16(17)18/h4H,1-3,5-6H2,(H,12,14). The van der Waals surface area contributed by atoms with Crippen LogP contribution in [0.2, 0.25) is 5.15 Å². The highest BCUT2D eigenvalue weighted by Crippen LogP contribution is 2.24. The zero-order chi connectivity index (χ0) is 14.9. The van der Waals surface area contributed by atoms with Crippen molar-refractivity contribution in [3.63, 3.8) is 0 Å². The SMILES string of the molecule is O=[N+]([O-])/N=C1\NCC2(CN1Cc1nc(Cl)co1)OCCO2. The molecule has 0 bridgehead atoms. The van der Waals surface area contributed by atoms with Gasteiger partial charge >= 0.3 is 0 Å². The fourth-order valence-corrected chi connectivity index (χ4v) is 2.41. The van der Waals surface area contributed by atoms with Crippen LogP contribution < -0.4 is 5.32 Å². The molecule has 114 valence electrons. The van der Waals surface area contributed by atoms with E-state index in [0.717, 1.165) is 0 Å². The zero-order valence-electron chi connectivity index (χ0n) is 10.8. The number of aromatic nitrogens is 1. The normalized spacial score (nSPS) is 22.7. The highest BCUT2D eigenvalue weighted by Gasteiger charge is 2.44. The summed E-state index contributed by atoms with van der Waals surface area (Å²) >= 11 is 5.69. The number of ether oxygens (including phenoxy) is 2. The fourth-order valence-electron chi connectivity index (χ4n) is 2.27. The largest absolute Gasteiger partial charge is 0.445 e. The third-order valence-corrected chi connectivity index (χ3v) is 3.26. The van der Waals surface area contributed by atoms with Gasteiger partial charge in [0.2, 0.25) is 11.7 Å². The Morgan fingerprint density at radius 2 is 2.33 bits per heavy atom. The average Bonchev–Trinajstić information content (AvgIpc) is 3.03. The molecule has 3 rings (SSSR count). The Labute approximate surface area is 123 Å². The molecule has 3 heterocycles. The van der Waals surface area contributed by atoms with Crippen LogP contribution in [0.3, 0.4) is 0 Å². The van der Waals surface area contributed by atoms with E-state index < -0.39 is 10.8 Å². The minimum atomic E-state index is -0.841. The molecule has 1 spiro atoms. The number of rotatable bonds is 3. The number of nitrogens with zero attached hydrogens (tertiary/aromatic N) is 4. The molecule has 2 aliphatic heterocycles. The van der Waals surface area contributed by atoms with Crippen LogP contribution in [0.4, 0.5) is 0 Å². The number of guanidine groups is 1. The van der Waals surface area contributed by atoms with Gasteiger partial charge in [-0.25, -0.2) is 15.1 Å². The van der Waals surface area contributed by atoms with E-state index in [0.29, 0.717) is 19.1 Å². The number of halogens is 1. The van der Waals surface area contributed by atoms with E-state index >= 15 is 0 Å². The van der Waals surface area contributed by atoms with Crippen LogP contribution in [0.25, 0.3) is 0 Å². The first-order chi connectivity index (χ1) is 10.1. The Bertz CT molecular complexity index is 570. The quantitative estimate of drug-likeness (QED) is 0.613. The van der Waals surface area contributed by atoms with E-state index in [9.17, 15) is 10.1 Å². The van der Waals surface area contributed by atoms with Gasteiger partial charge in [0.05, 0.1) is 32.8 Å². The fraction of sp³-hybridized carbons (Fsp3) is 0.600. The van der Waals surface area contributed by atoms with Gasteiger partial charge in [-0.05, 0) is 0 Å². The van der Waals surface area contributed by atoms with Gasteiger partial charge in [-0.2, -0.15) is 0 Å². The summed E-state index contributed by atoms with van der Waals surface area (Å²) in [6.07, 6.45) is 1.29. The van der Waals surface area contributed by atoms with Gasteiger partial charge in [0.15, 0.2) is 10.2 Å². The number of nitrogens with one attached hydrogen (secondary N) is 1. The highest BCUT2D eigenvalue weighted by atomic mass is 35.5. The zero-order valence-corrected chi connectivity index (χ0v) is 11.6. The second-order valence-electron chi connectivity index (χ2n) is 4.54. The van der Waals surface area contributed by atoms with E-state index in [1.165, 1.54) is 6.26 Å². The molecule has 11 heteroatoms. The summed E-state index contributed by atoms with van der Waals surface area (Å²) in [6.45, 7) is 1.65. The molecule has 0 unspecified atom stereocenters. The van der Waals surface area contributed by atoms with Crippen LogP contribution in [0.5, 0.6) is 0 Å². The summed E-state index contributed by atoms with van der Waals surface area (Å²) in [5.41, 5.74) is 0. The van der Waals surface area contributed by atoms with E-state index in [-0.39, 0.29) is 30.7 Å². The van der Waals surface area contributed by atoms with E-state index in [1.54, 1.807) is 4.90 Å². The van der Waals surface area contributed by atoms with Crippen molar-refractivity contribution in [3.05, 3.63) is 27.4 Å². The summed E-state index contributed by atoms with van der Waals surface area (Å²) < 4.78 is 16.3. The average molecular weight is 318 g/mol. The van der Waals surface area contributed by atoms with Crippen molar-refractivity contribution < 1.29 is 18.9 Å². The van der Waals surface area contributed by atoms with Crippen molar-refractivity contribution in [1.82, 2.24) is 15.2 Å². The summed E-state index contributed by atoms with van der Waals surface area (Å²) in [5.74, 6) is -0.432. The summed E-state index contributed by atoms with van der Waals surface area (Å²) in [6, 6.07) is 0. The molecular weight excluding hydrogens is 306 g/mol. The molecule has 0 amide bonds. The first kappa shape index (κ1) is 14.0. The third-order valence-electron chi connectivity index (χ3n) is 3.09. The second kappa shape index (κ2) is 5.47. The topological polar surface area (TPSA) is 115 Å². The summed E-state index contributed by atoms with van der Waals surface area (Å²) in [5, 5.41) is 16.2. The molecule has 21 heavy (non-hydrogen) atoms. The third kappa shape index (κ3) is 3.06. The first-order valence-electron chi connectivity index (χ1n) is 6.16. The Balaban J connectivity index is 1.80. The van der Waals surface area contributed by atoms with Gasteiger partial charge in [0.1, 0.15) is 11.4 Å². The molecule has 0 aromatic carbocycles. The van der Waals surface area contributed by atoms with Crippen molar-refractivity contribution in [2.45, 2.75) is 12.3 Å². The molecule has 2 aliphatic rings. The van der Waals surface area contributed by atoms with E-state index in [1.807, 2.05) is 0 Å². The lowest BCUT2D eigenvalue weighted by Crippen LogP contribution is -2.61. The number of hydrogen-bond acceptors (Lipinski definition) is 6. The number of hydrogen-bond donors (Lipinski definition) is 1. The van der Waals surface area contributed by atoms with Crippen LogP contribution in [0.1, 0.15) is 5.89 Å². The van der Waals surface area contributed by atoms with Crippen LogP contribution in [-0.4, -0.2) is 53.0 Å². The smallest absolute Gasteiger partial charge is 0.272 e. The van der Waals surface area contributed by atoms with Crippen molar-refractivity contribution in [1.29, 1.82) is 0 Å². The molecule has 0 aliphatic carbocycles. The van der Waals surface area contributed by atoms with Crippen LogP contribution >= 0.6 is 11.6 Å². The van der Waals surface area contributed by atoms with Gasteiger partial charge < -0.3 is 24.1 Å². The molecule has 2 fully saturated rings. The maximum Gasteiger partial charge on any atom is 0.272 e. The molecule has 0 atom stereocenters. The Morgan fingerprint density at radius 1 is 1.57 bits per heavy atom. The van der Waals surface area contributed by atoms with Crippen LogP contribution in [0, 0.1) is 10.1 Å². The predicted octanol–water partition coefficient (Wildman–Crippen LogP) is 0.0240. The predicted molar refractivity (Wildman–Crippen MR) is 69.0 cm³/mol. The lowest BCUT2D eigenvalue weighted by atomic mass is 10.2. The highest BCUT2D eigenvalue weighted by molar-refractivity contribution is 6.29. The minimum absolute atomic E-state index is 0.0963. The van der Waals surface area contributed by atoms with Gasteiger partial charge in [-0.3, -0.25) is 0 Å². The molecule has 1 aromatic heterocycles. The van der Waals surface area contributed by atoms with Crippen molar-refractivity contribution in [3.8, 4) is 0 Å². The molecule has 0 radical (unpaired) electrons. The van der Waals surface area contributed by atoms with Gasteiger partial charge in [0.25, 0.3) is 5.96 Å². The number of nitro groups is 1. The Kier molecular flexibility index (Phi) is 3.66.